The van der Waals surface area contributed by atoms with Gasteiger partial charge in [-0.05, 0) is 6.07 Å². The summed E-state index contributed by atoms with van der Waals surface area (Å²) in [5.41, 5.74) is 0.347. The van der Waals surface area contributed by atoms with Crippen LogP contribution in [0.1, 0.15) is 16.1 Å². The molecule has 2 aromatic rings. The minimum absolute atomic E-state index is 0.0518. The van der Waals surface area contributed by atoms with Gasteiger partial charge in [0.25, 0.3) is 0 Å². The number of anilines is 1. The highest BCUT2D eigenvalue weighted by Gasteiger charge is 2.12. The Bertz CT molecular complexity index is 637. The zero-order valence-electron chi connectivity index (χ0n) is 8.94. The molecule has 94 valence electrons. The molecule has 2 heterocycles. The van der Waals surface area contributed by atoms with Gasteiger partial charge in [-0.3, -0.25) is 4.79 Å². The summed E-state index contributed by atoms with van der Waals surface area (Å²) in [5, 5.41) is 13.2. The molecule has 3 N–H and O–H groups in total. The summed E-state index contributed by atoms with van der Waals surface area (Å²) >= 11 is 1.00. The van der Waals surface area contributed by atoms with E-state index in [1.165, 1.54) is 0 Å². The number of halogens is 1. The van der Waals surface area contributed by atoms with Crippen molar-refractivity contribution in [2.75, 3.05) is 5.32 Å². The molecule has 0 bridgehead atoms. The van der Waals surface area contributed by atoms with Gasteiger partial charge in [-0.2, -0.15) is 0 Å². The van der Waals surface area contributed by atoms with Crippen LogP contribution in [0.2, 0.25) is 0 Å². The largest absolute Gasteiger partial charge is 0.478 e. The molecule has 0 unspecified atom stereocenters. The van der Waals surface area contributed by atoms with Crippen LogP contribution in [0.15, 0.2) is 22.4 Å². The minimum Gasteiger partial charge on any atom is -0.478 e. The van der Waals surface area contributed by atoms with Crippen LogP contribution < -0.4 is 10.2 Å². The normalized spacial score (nSPS) is 10.3. The van der Waals surface area contributed by atoms with Crippen LogP contribution in [0.4, 0.5) is 10.2 Å². The number of nitrogens with one attached hydrogen (secondary N) is 2. The fraction of sp³-hybridized carbons (Fsp3) is 0.100. The van der Waals surface area contributed by atoms with E-state index in [4.69, 9.17) is 5.11 Å². The van der Waals surface area contributed by atoms with Crippen molar-refractivity contribution in [3.63, 3.8) is 0 Å². The first-order valence-electron chi connectivity index (χ1n) is 4.85. The number of carbonyl (C=O) groups is 1. The quantitative estimate of drug-likeness (QED) is 0.777. The highest BCUT2D eigenvalue weighted by molar-refractivity contribution is 7.07. The molecule has 2 rings (SSSR count). The molecule has 0 aliphatic heterocycles. The molecule has 0 amide bonds. The molecule has 18 heavy (non-hydrogen) atoms. The molecule has 0 saturated heterocycles. The Hall–Kier alpha value is -2.22. The Morgan fingerprint density at radius 1 is 1.61 bits per heavy atom. The van der Waals surface area contributed by atoms with Crippen molar-refractivity contribution >= 4 is 23.1 Å². The number of aromatic amines is 1. The SMILES string of the molecule is O=C(O)c1cc(F)cnc1NCc1csc(=O)[nH]1. The number of nitrogens with zero attached hydrogens (tertiary/aromatic N) is 1. The maximum Gasteiger partial charge on any atom is 0.339 e. The fourth-order valence-electron chi connectivity index (χ4n) is 1.32. The van der Waals surface area contributed by atoms with E-state index in [1.807, 2.05) is 0 Å². The van der Waals surface area contributed by atoms with Crippen LogP contribution in [0.25, 0.3) is 0 Å². The van der Waals surface area contributed by atoms with Gasteiger partial charge in [0, 0.05) is 11.1 Å². The summed E-state index contributed by atoms with van der Waals surface area (Å²) in [7, 11) is 0. The summed E-state index contributed by atoms with van der Waals surface area (Å²) in [4.78, 5) is 27.8. The van der Waals surface area contributed by atoms with Gasteiger partial charge in [0.05, 0.1) is 12.7 Å². The van der Waals surface area contributed by atoms with Gasteiger partial charge >= 0.3 is 10.8 Å². The van der Waals surface area contributed by atoms with E-state index in [0.29, 0.717) is 5.69 Å². The first-order chi connectivity index (χ1) is 8.56. The van der Waals surface area contributed by atoms with Gasteiger partial charge < -0.3 is 15.4 Å². The third-order valence-corrected chi connectivity index (χ3v) is 2.82. The van der Waals surface area contributed by atoms with Crippen molar-refractivity contribution in [2.24, 2.45) is 0 Å². The fourth-order valence-corrected chi connectivity index (χ4v) is 1.90. The van der Waals surface area contributed by atoms with Crippen LogP contribution in [0, 0.1) is 5.82 Å². The average molecular weight is 269 g/mol. The number of aromatic nitrogens is 2. The Labute approximate surface area is 104 Å². The summed E-state index contributed by atoms with van der Waals surface area (Å²) in [6.45, 7) is 0.206. The van der Waals surface area contributed by atoms with Crippen LogP contribution in [-0.4, -0.2) is 21.0 Å². The van der Waals surface area contributed by atoms with Crippen molar-refractivity contribution in [3.8, 4) is 0 Å². The number of pyridine rings is 1. The van der Waals surface area contributed by atoms with E-state index in [0.717, 1.165) is 23.6 Å². The summed E-state index contributed by atoms with van der Waals surface area (Å²) in [6.07, 6.45) is 0.922. The molecule has 0 atom stereocenters. The Morgan fingerprint density at radius 2 is 2.39 bits per heavy atom. The Morgan fingerprint density at radius 3 is 3.00 bits per heavy atom. The number of H-pyrrole nitrogens is 1. The molecule has 8 heteroatoms. The molecule has 2 aromatic heterocycles. The molecule has 0 aliphatic carbocycles. The van der Waals surface area contributed by atoms with Gasteiger partial charge in [-0.25, -0.2) is 14.2 Å². The topological polar surface area (TPSA) is 95.1 Å². The molecule has 0 radical (unpaired) electrons. The Kier molecular flexibility index (Phi) is 3.38. The number of thiazole rings is 1. The maximum absolute atomic E-state index is 12.9. The monoisotopic (exact) mass is 269 g/mol. The van der Waals surface area contributed by atoms with E-state index >= 15 is 0 Å². The van der Waals surface area contributed by atoms with Crippen molar-refractivity contribution in [3.05, 3.63) is 44.4 Å². The smallest absolute Gasteiger partial charge is 0.339 e. The van der Waals surface area contributed by atoms with E-state index in [-0.39, 0.29) is 22.8 Å². The molecule has 0 aromatic carbocycles. The molecule has 0 spiro atoms. The van der Waals surface area contributed by atoms with E-state index < -0.39 is 11.8 Å². The number of carboxylic acid groups (broad SMARTS) is 1. The predicted octanol–water partition coefficient (Wildman–Crippen LogP) is 1.28. The lowest BCUT2D eigenvalue weighted by molar-refractivity contribution is 0.0697. The first-order valence-corrected chi connectivity index (χ1v) is 5.73. The number of aromatic carboxylic acids is 1. The number of hydrogen-bond acceptors (Lipinski definition) is 5. The third kappa shape index (κ3) is 2.72. The zero-order chi connectivity index (χ0) is 13.1. The lowest BCUT2D eigenvalue weighted by atomic mass is 10.2. The van der Waals surface area contributed by atoms with Crippen LogP contribution in [0.5, 0.6) is 0 Å². The second-order valence-corrected chi connectivity index (χ2v) is 4.22. The van der Waals surface area contributed by atoms with Crippen LogP contribution in [-0.2, 0) is 6.54 Å². The second kappa shape index (κ2) is 4.96. The van der Waals surface area contributed by atoms with Gasteiger partial charge in [0.1, 0.15) is 17.2 Å². The van der Waals surface area contributed by atoms with Crippen LogP contribution in [0.3, 0.4) is 0 Å². The molecular weight excluding hydrogens is 261 g/mol. The molecule has 0 saturated carbocycles. The van der Waals surface area contributed by atoms with Gasteiger partial charge in [-0.1, -0.05) is 11.3 Å². The first kappa shape index (κ1) is 12.2. The average Bonchev–Trinajstić information content (AvgIpc) is 2.73. The molecule has 0 aliphatic rings. The van der Waals surface area contributed by atoms with Gasteiger partial charge in [0.15, 0.2) is 0 Å². The standard InChI is InChI=1S/C10H8FN3O3S/c11-5-1-7(9(15)16)8(12-2-5)13-3-6-4-18-10(17)14-6/h1-2,4H,3H2,(H,12,13)(H,14,17)(H,15,16). The van der Waals surface area contributed by atoms with Crippen molar-refractivity contribution in [1.29, 1.82) is 0 Å². The predicted molar refractivity (Wildman–Crippen MR) is 63.4 cm³/mol. The lowest BCUT2D eigenvalue weighted by Crippen LogP contribution is -2.09. The van der Waals surface area contributed by atoms with Crippen molar-refractivity contribution in [2.45, 2.75) is 6.54 Å². The zero-order valence-corrected chi connectivity index (χ0v) is 9.75. The van der Waals surface area contributed by atoms with E-state index in [1.54, 1.807) is 5.38 Å². The van der Waals surface area contributed by atoms with Crippen molar-refractivity contribution < 1.29 is 14.3 Å². The van der Waals surface area contributed by atoms with Crippen LogP contribution >= 0.6 is 11.3 Å². The summed E-state index contributed by atoms with van der Waals surface area (Å²) in [6, 6.07) is 0.883. The lowest BCUT2D eigenvalue weighted by Gasteiger charge is -2.07. The third-order valence-electron chi connectivity index (χ3n) is 2.10. The molecule has 0 fully saturated rings. The van der Waals surface area contributed by atoms with Crippen molar-refractivity contribution in [1.82, 2.24) is 9.97 Å². The summed E-state index contributed by atoms with van der Waals surface area (Å²) in [5.74, 6) is -1.94. The maximum atomic E-state index is 12.9. The highest BCUT2D eigenvalue weighted by Crippen LogP contribution is 2.14. The van der Waals surface area contributed by atoms with Gasteiger partial charge in [0.2, 0.25) is 0 Å². The minimum atomic E-state index is -1.27. The Balaban J connectivity index is 2.18. The molecule has 6 nitrogen and oxygen atoms in total. The number of rotatable bonds is 4. The van der Waals surface area contributed by atoms with E-state index in [2.05, 4.69) is 15.3 Å². The molecular formula is C10H8FN3O3S. The highest BCUT2D eigenvalue weighted by atomic mass is 32.1. The second-order valence-electron chi connectivity index (χ2n) is 3.38. The van der Waals surface area contributed by atoms with Gasteiger partial charge in [-0.15, -0.1) is 0 Å². The van der Waals surface area contributed by atoms with E-state index in [9.17, 15) is 14.0 Å². The number of carboxylic acids is 1. The summed E-state index contributed by atoms with van der Waals surface area (Å²) < 4.78 is 12.9. The number of hydrogen-bond donors (Lipinski definition) is 3.